The van der Waals surface area contributed by atoms with Crippen LogP contribution in [0.3, 0.4) is 0 Å². The van der Waals surface area contributed by atoms with Crippen LogP contribution in [0.4, 0.5) is 13.6 Å². The molecule has 0 unspecified atom stereocenters. The van der Waals surface area contributed by atoms with Gasteiger partial charge in [-0.1, -0.05) is 26.7 Å². The summed E-state index contributed by atoms with van der Waals surface area (Å²) < 4.78 is 33.1. The molecule has 2 rings (SSSR count). The number of rotatable bonds is 2. The molecule has 0 heterocycles. The van der Waals surface area contributed by atoms with Crippen molar-refractivity contribution < 1.29 is 18.3 Å². The highest BCUT2D eigenvalue weighted by Crippen LogP contribution is 2.32. The number of amides is 1. The molecule has 0 bridgehead atoms. The Hall–Kier alpha value is -2.61. The second-order valence-corrected chi connectivity index (χ2v) is 4.98. The minimum atomic E-state index is -0.778. The number of ether oxygens (including phenoxy) is 1. The lowest BCUT2D eigenvalue weighted by atomic mass is 9.96. The summed E-state index contributed by atoms with van der Waals surface area (Å²) in [5, 5.41) is 0.474. The van der Waals surface area contributed by atoms with E-state index >= 15 is 0 Å². The third-order valence-electron chi connectivity index (χ3n) is 3.29. The van der Waals surface area contributed by atoms with Crippen molar-refractivity contribution in [3.05, 3.63) is 41.0 Å². The first-order chi connectivity index (χ1) is 11.4. The largest absolute Gasteiger partial charge is 0.414 e. The molecule has 0 fully saturated rings. The summed E-state index contributed by atoms with van der Waals surface area (Å²) in [7, 11) is 3.08. The molecule has 0 saturated carbocycles. The van der Waals surface area contributed by atoms with Crippen molar-refractivity contribution in [1.82, 2.24) is 4.90 Å². The molecule has 24 heavy (non-hydrogen) atoms. The van der Waals surface area contributed by atoms with Gasteiger partial charge in [0, 0.05) is 30.9 Å². The van der Waals surface area contributed by atoms with Gasteiger partial charge in [-0.05, 0) is 24.1 Å². The number of aryl methyl sites for hydroxylation is 1. The van der Waals surface area contributed by atoms with Gasteiger partial charge in [0.15, 0.2) is 0 Å². The van der Waals surface area contributed by atoms with E-state index in [1.165, 1.54) is 25.1 Å². The lowest BCUT2D eigenvalue weighted by Crippen LogP contribution is -2.25. The molecular formula is C19H21F2NO2. The van der Waals surface area contributed by atoms with E-state index in [-0.39, 0.29) is 16.7 Å². The van der Waals surface area contributed by atoms with E-state index < -0.39 is 17.7 Å². The molecule has 0 aliphatic rings. The van der Waals surface area contributed by atoms with Gasteiger partial charge in [-0.2, -0.15) is 0 Å². The summed E-state index contributed by atoms with van der Waals surface area (Å²) in [4.78, 5) is 12.9. The monoisotopic (exact) mass is 333 g/mol. The van der Waals surface area contributed by atoms with Gasteiger partial charge in [0.05, 0.1) is 5.56 Å². The highest BCUT2D eigenvalue weighted by Gasteiger charge is 2.17. The minimum absolute atomic E-state index is 0.0127. The zero-order valence-corrected chi connectivity index (χ0v) is 14.5. The standard InChI is InChI=1S/C17H15F2NO2.C2H6/c1-5-10-7-11(22-17(21)20(3)4)8-13-15(19)9-14(18)12(6-2)16(10)13;1-2/h2,7-9H,5H2,1,3-4H3;1-2H3. The van der Waals surface area contributed by atoms with Crippen LogP contribution in [0.2, 0.25) is 0 Å². The van der Waals surface area contributed by atoms with Crippen molar-refractivity contribution in [2.45, 2.75) is 27.2 Å². The lowest BCUT2D eigenvalue weighted by Gasteiger charge is -2.14. The average molecular weight is 333 g/mol. The van der Waals surface area contributed by atoms with Crippen molar-refractivity contribution in [2.75, 3.05) is 14.1 Å². The van der Waals surface area contributed by atoms with E-state index in [0.29, 0.717) is 17.4 Å². The molecule has 0 spiro atoms. The Morgan fingerprint density at radius 3 is 2.33 bits per heavy atom. The van der Waals surface area contributed by atoms with Gasteiger partial charge in [0.1, 0.15) is 17.4 Å². The first-order valence-electron chi connectivity index (χ1n) is 7.69. The van der Waals surface area contributed by atoms with Crippen LogP contribution < -0.4 is 4.74 Å². The number of fused-ring (bicyclic) bond motifs is 1. The fraction of sp³-hybridized carbons (Fsp3) is 0.316. The van der Waals surface area contributed by atoms with Gasteiger partial charge >= 0.3 is 6.09 Å². The number of carbonyl (C=O) groups excluding carboxylic acids is 1. The van der Waals surface area contributed by atoms with Gasteiger partial charge < -0.3 is 9.64 Å². The third-order valence-corrected chi connectivity index (χ3v) is 3.29. The topological polar surface area (TPSA) is 29.5 Å². The minimum Gasteiger partial charge on any atom is -0.410 e. The first kappa shape index (κ1) is 19.4. The maximum Gasteiger partial charge on any atom is 0.414 e. The Bertz CT molecular complexity index is 792. The Balaban J connectivity index is 0.00000139. The number of nitrogens with zero attached hydrogens (tertiary/aromatic N) is 1. The Labute approximate surface area is 141 Å². The number of terminal acetylenes is 1. The summed E-state index contributed by atoms with van der Waals surface area (Å²) in [6.45, 7) is 5.83. The molecule has 128 valence electrons. The summed E-state index contributed by atoms with van der Waals surface area (Å²) in [5.41, 5.74) is 0.629. The van der Waals surface area contributed by atoms with E-state index in [2.05, 4.69) is 5.92 Å². The third kappa shape index (κ3) is 3.83. The predicted octanol–water partition coefficient (Wildman–Crippen LogP) is 4.75. The highest BCUT2D eigenvalue weighted by molar-refractivity contribution is 5.93. The fourth-order valence-corrected chi connectivity index (χ4v) is 2.21. The van der Waals surface area contributed by atoms with Crippen LogP contribution >= 0.6 is 0 Å². The van der Waals surface area contributed by atoms with Crippen LogP contribution in [-0.4, -0.2) is 25.1 Å². The second-order valence-electron chi connectivity index (χ2n) is 4.98. The lowest BCUT2D eigenvalue weighted by molar-refractivity contribution is 0.172. The van der Waals surface area contributed by atoms with Crippen LogP contribution in [0.1, 0.15) is 31.9 Å². The van der Waals surface area contributed by atoms with Crippen molar-refractivity contribution in [3.8, 4) is 18.1 Å². The van der Waals surface area contributed by atoms with Gasteiger partial charge in [-0.15, -0.1) is 6.42 Å². The quantitative estimate of drug-likeness (QED) is 0.742. The number of benzene rings is 2. The van der Waals surface area contributed by atoms with Crippen LogP contribution in [0, 0.1) is 24.0 Å². The van der Waals surface area contributed by atoms with Crippen LogP contribution in [0.15, 0.2) is 18.2 Å². The average Bonchev–Trinajstić information content (AvgIpc) is 2.56. The summed E-state index contributed by atoms with van der Waals surface area (Å²) in [5.74, 6) is 0.928. The zero-order chi connectivity index (χ0) is 18.4. The molecule has 2 aromatic carbocycles. The van der Waals surface area contributed by atoms with Crippen molar-refractivity contribution >= 4 is 16.9 Å². The van der Waals surface area contributed by atoms with Crippen LogP contribution in [0.25, 0.3) is 10.8 Å². The predicted molar refractivity (Wildman–Crippen MR) is 92.2 cm³/mol. The second kappa shape index (κ2) is 8.30. The van der Waals surface area contributed by atoms with Crippen LogP contribution in [-0.2, 0) is 6.42 Å². The Morgan fingerprint density at radius 1 is 1.21 bits per heavy atom. The summed E-state index contributed by atoms with van der Waals surface area (Å²) in [6, 6.07) is 3.67. The number of hydrogen-bond acceptors (Lipinski definition) is 2. The Morgan fingerprint density at radius 2 is 1.83 bits per heavy atom. The van der Waals surface area contributed by atoms with E-state index in [9.17, 15) is 13.6 Å². The van der Waals surface area contributed by atoms with Gasteiger partial charge in [-0.25, -0.2) is 13.6 Å². The van der Waals surface area contributed by atoms with E-state index in [1.54, 1.807) is 6.07 Å². The van der Waals surface area contributed by atoms with E-state index in [0.717, 1.165) is 6.07 Å². The number of hydrogen-bond donors (Lipinski definition) is 0. The summed E-state index contributed by atoms with van der Waals surface area (Å²) in [6.07, 6.45) is 5.25. The Kier molecular flexibility index (Phi) is 6.72. The molecule has 0 saturated heterocycles. The molecule has 0 N–H and O–H groups in total. The SMILES string of the molecule is C#Cc1c(F)cc(F)c2cc(OC(=O)N(C)C)cc(CC)c12.CC. The molecular weight excluding hydrogens is 312 g/mol. The van der Waals surface area contributed by atoms with Gasteiger partial charge in [0.2, 0.25) is 0 Å². The van der Waals surface area contributed by atoms with E-state index in [1.807, 2.05) is 20.8 Å². The first-order valence-corrected chi connectivity index (χ1v) is 7.69. The highest BCUT2D eigenvalue weighted by atomic mass is 19.1. The molecule has 5 heteroatoms. The van der Waals surface area contributed by atoms with Crippen molar-refractivity contribution in [3.63, 3.8) is 0 Å². The van der Waals surface area contributed by atoms with Crippen molar-refractivity contribution in [1.29, 1.82) is 0 Å². The molecule has 0 radical (unpaired) electrons. The normalized spacial score (nSPS) is 9.75. The molecule has 0 aliphatic carbocycles. The maximum absolute atomic E-state index is 14.1. The molecule has 0 aliphatic heterocycles. The smallest absolute Gasteiger partial charge is 0.410 e. The van der Waals surface area contributed by atoms with Crippen molar-refractivity contribution in [2.24, 2.45) is 0 Å². The maximum atomic E-state index is 14.1. The number of halogens is 2. The molecule has 2 aromatic rings. The molecule has 3 nitrogen and oxygen atoms in total. The summed E-state index contributed by atoms with van der Waals surface area (Å²) >= 11 is 0. The molecule has 1 amide bonds. The molecule has 0 atom stereocenters. The van der Waals surface area contributed by atoms with Gasteiger partial charge in [-0.3, -0.25) is 0 Å². The zero-order valence-electron chi connectivity index (χ0n) is 14.5. The number of carbonyl (C=O) groups is 1. The van der Waals surface area contributed by atoms with Crippen LogP contribution in [0.5, 0.6) is 5.75 Å². The van der Waals surface area contributed by atoms with Gasteiger partial charge in [0.25, 0.3) is 0 Å². The fourth-order valence-electron chi connectivity index (χ4n) is 2.21. The van der Waals surface area contributed by atoms with E-state index in [4.69, 9.17) is 11.2 Å². The molecule has 0 aromatic heterocycles.